The van der Waals surface area contributed by atoms with Crippen LogP contribution in [0.15, 0.2) is 114 Å². The van der Waals surface area contributed by atoms with Crippen LogP contribution in [0.1, 0.15) is 22.8 Å². The average Bonchev–Trinajstić information content (AvgIpc) is 3.01. The second-order valence-electron chi connectivity index (χ2n) is 9.80. The Labute approximate surface area is 256 Å². The van der Waals surface area contributed by atoms with Crippen molar-refractivity contribution in [2.45, 2.75) is 17.1 Å². The molecule has 0 aliphatic heterocycles. The highest BCUT2D eigenvalue weighted by atomic mass is 32.2. The standard InChI is InChI=1S/C34H34N4O4S/c1-23(32(39)36-29-15-8-9-16-31(29)42-4)43-28-14-10-13-26(22-28)35-34(41)30(37-33(40)25-11-6-5-7-12-25)21-24-17-19-27(20-18-24)38(2)3/h5-23H,1-4H3,(H,35,41)(H,36,39)(H,37,40)/b30-21+. The number of carbonyl (C=O) groups is 3. The summed E-state index contributed by atoms with van der Waals surface area (Å²) in [5.74, 6) is -0.483. The summed E-state index contributed by atoms with van der Waals surface area (Å²) in [5, 5.41) is 8.12. The van der Waals surface area contributed by atoms with Gasteiger partial charge in [0.2, 0.25) is 5.91 Å². The monoisotopic (exact) mass is 594 g/mol. The smallest absolute Gasteiger partial charge is 0.272 e. The number of nitrogens with one attached hydrogen (secondary N) is 3. The molecule has 0 fully saturated rings. The van der Waals surface area contributed by atoms with Gasteiger partial charge in [0.05, 0.1) is 18.0 Å². The van der Waals surface area contributed by atoms with Gasteiger partial charge in [-0.25, -0.2) is 0 Å². The number of anilines is 3. The topological polar surface area (TPSA) is 99.8 Å². The summed E-state index contributed by atoms with van der Waals surface area (Å²) in [6, 6.07) is 30.8. The second-order valence-corrected chi connectivity index (χ2v) is 11.2. The number of thioether (sulfide) groups is 1. The van der Waals surface area contributed by atoms with Gasteiger partial charge in [-0.2, -0.15) is 0 Å². The van der Waals surface area contributed by atoms with Crippen LogP contribution in [-0.2, 0) is 9.59 Å². The first-order chi connectivity index (χ1) is 20.7. The van der Waals surface area contributed by atoms with Crippen LogP contribution in [0.2, 0.25) is 0 Å². The van der Waals surface area contributed by atoms with Crippen molar-refractivity contribution in [1.29, 1.82) is 0 Å². The lowest BCUT2D eigenvalue weighted by Crippen LogP contribution is -2.30. The highest BCUT2D eigenvalue weighted by Crippen LogP contribution is 2.29. The molecule has 220 valence electrons. The number of ether oxygens (including phenoxy) is 1. The summed E-state index contributed by atoms with van der Waals surface area (Å²) in [4.78, 5) is 42.1. The molecule has 0 saturated carbocycles. The molecule has 0 aliphatic rings. The first kappa shape index (κ1) is 30.9. The summed E-state index contributed by atoms with van der Waals surface area (Å²) in [5.41, 5.74) is 3.41. The van der Waals surface area contributed by atoms with Gasteiger partial charge in [-0.3, -0.25) is 14.4 Å². The van der Waals surface area contributed by atoms with Crippen LogP contribution in [0, 0.1) is 0 Å². The zero-order valence-electron chi connectivity index (χ0n) is 24.5. The molecule has 0 spiro atoms. The van der Waals surface area contributed by atoms with Gasteiger partial charge in [0.25, 0.3) is 11.8 Å². The predicted octanol–water partition coefficient (Wildman–Crippen LogP) is 6.29. The Balaban J connectivity index is 1.49. The van der Waals surface area contributed by atoms with Crippen molar-refractivity contribution in [2.24, 2.45) is 0 Å². The first-order valence-electron chi connectivity index (χ1n) is 13.6. The number of benzene rings is 4. The van der Waals surface area contributed by atoms with Gasteiger partial charge >= 0.3 is 0 Å². The van der Waals surface area contributed by atoms with Gasteiger partial charge in [0.1, 0.15) is 11.4 Å². The third-order valence-electron chi connectivity index (χ3n) is 6.39. The van der Waals surface area contributed by atoms with Crippen LogP contribution >= 0.6 is 11.8 Å². The molecule has 3 amide bonds. The summed E-state index contributed by atoms with van der Waals surface area (Å²) in [6.07, 6.45) is 1.64. The van der Waals surface area contributed by atoms with Gasteiger partial charge in [0, 0.05) is 35.9 Å². The lowest BCUT2D eigenvalue weighted by Gasteiger charge is -2.15. The average molecular weight is 595 g/mol. The lowest BCUT2D eigenvalue weighted by molar-refractivity contribution is -0.115. The molecule has 0 saturated heterocycles. The van der Waals surface area contributed by atoms with Crippen molar-refractivity contribution in [3.8, 4) is 5.75 Å². The van der Waals surface area contributed by atoms with E-state index < -0.39 is 17.1 Å². The molecule has 1 atom stereocenters. The van der Waals surface area contributed by atoms with Crippen LogP contribution in [0.25, 0.3) is 6.08 Å². The van der Waals surface area contributed by atoms with Crippen molar-refractivity contribution < 1.29 is 19.1 Å². The summed E-state index contributed by atoms with van der Waals surface area (Å²) >= 11 is 1.36. The van der Waals surface area contributed by atoms with Crippen molar-refractivity contribution in [3.63, 3.8) is 0 Å². The van der Waals surface area contributed by atoms with Gasteiger partial charge in [0.15, 0.2) is 0 Å². The van der Waals surface area contributed by atoms with E-state index in [4.69, 9.17) is 4.74 Å². The fourth-order valence-electron chi connectivity index (χ4n) is 4.06. The van der Waals surface area contributed by atoms with E-state index in [-0.39, 0.29) is 11.6 Å². The molecule has 43 heavy (non-hydrogen) atoms. The maximum absolute atomic E-state index is 13.5. The van der Waals surface area contributed by atoms with E-state index in [1.54, 1.807) is 67.8 Å². The number of rotatable bonds is 11. The number of carbonyl (C=O) groups excluding carboxylic acids is 3. The Morgan fingerprint density at radius 1 is 0.837 bits per heavy atom. The van der Waals surface area contributed by atoms with Gasteiger partial charge < -0.3 is 25.6 Å². The van der Waals surface area contributed by atoms with Gasteiger partial charge in [-0.05, 0) is 73.2 Å². The van der Waals surface area contributed by atoms with E-state index in [0.29, 0.717) is 22.7 Å². The normalized spacial score (nSPS) is 11.7. The maximum Gasteiger partial charge on any atom is 0.272 e. The number of hydrogen-bond acceptors (Lipinski definition) is 6. The first-order valence-corrected chi connectivity index (χ1v) is 14.5. The van der Waals surface area contributed by atoms with E-state index in [9.17, 15) is 14.4 Å². The highest BCUT2D eigenvalue weighted by Gasteiger charge is 2.18. The molecule has 0 bridgehead atoms. The van der Waals surface area contributed by atoms with Crippen LogP contribution in [0.3, 0.4) is 0 Å². The minimum Gasteiger partial charge on any atom is -0.495 e. The molecule has 0 heterocycles. The van der Waals surface area contributed by atoms with Crippen LogP contribution in [0.4, 0.5) is 17.1 Å². The Morgan fingerprint density at radius 3 is 2.23 bits per heavy atom. The molecule has 3 N–H and O–H groups in total. The second kappa shape index (κ2) is 14.7. The largest absolute Gasteiger partial charge is 0.495 e. The Kier molecular flexibility index (Phi) is 10.6. The van der Waals surface area contributed by atoms with Gasteiger partial charge in [-0.15, -0.1) is 11.8 Å². The summed E-state index contributed by atoms with van der Waals surface area (Å²) < 4.78 is 5.32. The Hall–Kier alpha value is -5.02. The van der Waals surface area contributed by atoms with Crippen molar-refractivity contribution in [1.82, 2.24) is 5.32 Å². The number of para-hydroxylation sites is 2. The fourth-order valence-corrected chi connectivity index (χ4v) is 4.99. The molecule has 4 rings (SSSR count). The molecule has 4 aromatic carbocycles. The number of methoxy groups -OCH3 is 1. The molecular formula is C34H34N4O4S. The van der Waals surface area contributed by atoms with E-state index in [1.807, 2.05) is 74.4 Å². The molecule has 0 radical (unpaired) electrons. The molecule has 0 aliphatic carbocycles. The third kappa shape index (κ3) is 8.73. The number of hydrogen-bond donors (Lipinski definition) is 3. The van der Waals surface area contributed by atoms with Crippen LogP contribution in [-0.4, -0.2) is 44.2 Å². The minimum absolute atomic E-state index is 0.0917. The van der Waals surface area contributed by atoms with Crippen molar-refractivity contribution in [2.75, 3.05) is 36.7 Å². The van der Waals surface area contributed by atoms with Crippen LogP contribution in [0.5, 0.6) is 5.75 Å². The number of nitrogens with zero attached hydrogens (tertiary/aromatic N) is 1. The zero-order valence-corrected chi connectivity index (χ0v) is 25.3. The minimum atomic E-state index is -0.481. The van der Waals surface area contributed by atoms with E-state index in [1.165, 1.54) is 11.8 Å². The molecule has 4 aromatic rings. The SMILES string of the molecule is COc1ccccc1NC(=O)C(C)Sc1cccc(NC(=O)/C(=C\c2ccc(N(C)C)cc2)NC(=O)c2ccccc2)c1. The van der Waals surface area contributed by atoms with E-state index >= 15 is 0 Å². The summed E-state index contributed by atoms with van der Waals surface area (Å²) in [6.45, 7) is 1.81. The fraction of sp³-hybridized carbons (Fsp3) is 0.147. The quantitative estimate of drug-likeness (QED) is 0.139. The van der Waals surface area contributed by atoms with E-state index in [0.717, 1.165) is 16.1 Å². The molecule has 1 unspecified atom stereocenters. The Bertz CT molecular complexity index is 1600. The van der Waals surface area contributed by atoms with Crippen LogP contribution < -0.4 is 25.6 Å². The van der Waals surface area contributed by atoms with E-state index in [2.05, 4.69) is 16.0 Å². The van der Waals surface area contributed by atoms with Crippen molar-refractivity contribution >= 4 is 52.6 Å². The molecule has 8 nitrogen and oxygen atoms in total. The molecule has 0 aromatic heterocycles. The highest BCUT2D eigenvalue weighted by molar-refractivity contribution is 8.00. The Morgan fingerprint density at radius 2 is 1.53 bits per heavy atom. The lowest BCUT2D eigenvalue weighted by atomic mass is 10.1. The maximum atomic E-state index is 13.5. The zero-order chi connectivity index (χ0) is 30.8. The molecule has 9 heteroatoms. The molecular weight excluding hydrogens is 560 g/mol. The van der Waals surface area contributed by atoms with Crippen molar-refractivity contribution in [3.05, 3.63) is 120 Å². The summed E-state index contributed by atoms with van der Waals surface area (Å²) in [7, 11) is 5.45. The predicted molar refractivity (Wildman–Crippen MR) is 175 cm³/mol. The van der Waals surface area contributed by atoms with Gasteiger partial charge in [-0.1, -0.05) is 48.5 Å². The third-order valence-corrected chi connectivity index (χ3v) is 7.48. The number of amides is 3.